The van der Waals surface area contributed by atoms with Crippen molar-refractivity contribution in [3.63, 3.8) is 0 Å². The van der Waals surface area contributed by atoms with Crippen LogP contribution in [0.3, 0.4) is 0 Å². The molecule has 0 radical (unpaired) electrons. The molecule has 1 atom stereocenters. The summed E-state index contributed by atoms with van der Waals surface area (Å²) in [7, 11) is 0.449. The van der Waals surface area contributed by atoms with Gasteiger partial charge in [-0.05, 0) is 64.3 Å². The monoisotopic (exact) mass is 676 g/mol. The second-order valence-electron chi connectivity index (χ2n) is 14.6. The maximum atomic E-state index is 14.1. The third-order valence-electron chi connectivity index (χ3n) is 8.30. The lowest BCUT2D eigenvalue weighted by Gasteiger charge is -2.34. The Labute approximate surface area is 281 Å². The summed E-state index contributed by atoms with van der Waals surface area (Å²) in [4.78, 5) is 51.7. The highest BCUT2D eigenvalue weighted by molar-refractivity contribution is 6.76. The molecule has 13 nitrogen and oxygen atoms in total. The van der Waals surface area contributed by atoms with Crippen molar-refractivity contribution >= 4 is 42.3 Å². The van der Waals surface area contributed by atoms with E-state index < -0.39 is 31.0 Å². The third kappa shape index (κ3) is 8.02. The van der Waals surface area contributed by atoms with E-state index in [1.165, 1.54) is 9.13 Å². The number of carbonyl (C=O) groups excluding carboxylic acids is 1. The van der Waals surface area contributed by atoms with Crippen LogP contribution in [-0.4, -0.2) is 73.7 Å². The predicted octanol–water partition coefficient (Wildman–Crippen LogP) is 4.12. The van der Waals surface area contributed by atoms with E-state index in [0.29, 0.717) is 43.5 Å². The van der Waals surface area contributed by atoms with Crippen molar-refractivity contribution in [3.8, 4) is 11.8 Å². The van der Waals surface area contributed by atoms with Crippen molar-refractivity contribution < 1.29 is 14.3 Å². The number of nitrogens with zero attached hydrogens (tertiary/aromatic N) is 7. The molecule has 1 aliphatic rings. The molecule has 0 bridgehead atoms. The summed E-state index contributed by atoms with van der Waals surface area (Å²) in [6, 6.07) is 6.68. The highest BCUT2D eigenvalue weighted by atomic mass is 28.3. The normalized spacial score (nSPS) is 15.5. The number of alkyl carbamates (subject to hydrolysis) is 1. The van der Waals surface area contributed by atoms with Crippen LogP contribution in [0, 0.1) is 11.8 Å². The molecule has 0 saturated carbocycles. The average molecular weight is 677 g/mol. The van der Waals surface area contributed by atoms with Crippen LogP contribution in [0.2, 0.25) is 25.7 Å². The van der Waals surface area contributed by atoms with Crippen LogP contribution in [0.5, 0.6) is 0 Å². The number of carbonyl (C=O) groups is 1. The second kappa shape index (κ2) is 14.0. The molecule has 1 unspecified atom stereocenters. The highest BCUT2D eigenvalue weighted by Gasteiger charge is 2.29. The van der Waals surface area contributed by atoms with Crippen LogP contribution in [0.25, 0.3) is 22.2 Å². The molecule has 1 aromatic carbocycles. The topological polar surface area (TPSA) is 130 Å². The molecule has 3 aromatic heterocycles. The van der Waals surface area contributed by atoms with Crippen LogP contribution < -0.4 is 21.5 Å². The van der Waals surface area contributed by atoms with E-state index in [1.54, 1.807) is 24.9 Å². The van der Waals surface area contributed by atoms with Gasteiger partial charge in [-0.2, -0.15) is 4.98 Å². The zero-order chi connectivity index (χ0) is 34.8. The Morgan fingerprint density at radius 3 is 2.65 bits per heavy atom. The number of hydrogen-bond acceptors (Lipinski definition) is 8. The van der Waals surface area contributed by atoms with Gasteiger partial charge in [0.15, 0.2) is 11.2 Å². The van der Waals surface area contributed by atoms with Crippen molar-refractivity contribution in [3.05, 3.63) is 50.9 Å². The molecular formula is C34H48N8O5Si. The summed E-state index contributed by atoms with van der Waals surface area (Å²) in [5.74, 6) is 6.52. The summed E-state index contributed by atoms with van der Waals surface area (Å²) in [6.45, 7) is 16.8. The second-order valence-corrected chi connectivity index (χ2v) is 20.3. The molecule has 1 aliphatic heterocycles. The van der Waals surface area contributed by atoms with Gasteiger partial charge in [-0.1, -0.05) is 31.6 Å². The number of benzene rings is 1. The van der Waals surface area contributed by atoms with E-state index in [0.717, 1.165) is 35.5 Å². The number of amides is 1. The Bertz CT molecular complexity index is 1980. The molecule has 1 amide bonds. The average Bonchev–Trinajstić information content (AvgIpc) is 3.59. The first-order chi connectivity index (χ1) is 22.6. The largest absolute Gasteiger partial charge is 0.444 e. The first-order valence-electron chi connectivity index (χ1n) is 16.5. The molecule has 4 aromatic rings. The van der Waals surface area contributed by atoms with Crippen molar-refractivity contribution in [2.24, 2.45) is 7.05 Å². The van der Waals surface area contributed by atoms with Gasteiger partial charge < -0.3 is 24.3 Å². The maximum absolute atomic E-state index is 14.1. The van der Waals surface area contributed by atoms with Crippen molar-refractivity contribution in [2.75, 3.05) is 24.6 Å². The van der Waals surface area contributed by atoms with Gasteiger partial charge in [0, 0.05) is 40.9 Å². The summed E-state index contributed by atoms with van der Waals surface area (Å²) >= 11 is 0. The SMILES string of the molecule is CC#CCn1c(N2CCCC(NC(=O)OC(C)(C)C)C2)nc2c1c(=O)n(Cc1ccc3c(c1)ncn3COCC[Si](C)(C)C)c(=O)n2C. The van der Waals surface area contributed by atoms with Crippen molar-refractivity contribution in [2.45, 2.75) is 97.7 Å². The lowest BCUT2D eigenvalue weighted by atomic mass is 10.1. The molecule has 14 heteroatoms. The standard InChI is InChI=1S/C34H48N8O5Si/c1-9-10-16-41-28-29(37-31(41)39-15-11-12-25(21-39)36-32(44)47-34(2,3)4)38(5)33(45)42(30(28)43)20-24-13-14-27-26(19-24)35-22-40(27)23-46-17-18-48(6,7)8/h13-14,19,22,25H,11-12,15-18,20-21,23H2,1-8H3,(H,36,44). The fourth-order valence-electron chi connectivity index (χ4n) is 5.83. The molecule has 48 heavy (non-hydrogen) atoms. The number of piperidine rings is 1. The number of ether oxygens (including phenoxy) is 2. The number of aryl methyl sites for hydroxylation is 1. The maximum Gasteiger partial charge on any atom is 0.407 e. The fraction of sp³-hybridized carbons (Fsp3) is 0.559. The molecule has 0 aliphatic carbocycles. The van der Waals surface area contributed by atoms with Gasteiger partial charge in [0.2, 0.25) is 5.95 Å². The van der Waals surface area contributed by atoms with E-state index >= 15 is 0 Å². The minimum Gasteiger partial charge on any atom is -0.444 e. The molecule has 4 heterocycles. The number of anilines is 1. The van der Waals surface area contributed by atoms with E-state index in [2.05, 4.69) is 41.8 Å². The number of nitrogens with one attached hydrogen (secondary N) is 1. The zero-order valence-electron chi connectivity index (χ0n) is 29.4. The van der Waals surface area contributed by atoms with Crippen LogP contribution >= 0.6 is 0 Å². The van der Waals surface area contributed by atoms with Gasteiger partial charge in [0.1, 0.15) is 12.3 Å². The summed E-state index contributed by atoms with van der Waals surface area (Å²) in [5, 5.41) is 2.97. The number of rotatable bonds is 10. The molecule has 0 spiro atoms. The smallest absolute Gasteiger partial charge is 0.407 e. The Morgan fingerprint density at radius 1 is 1.17 bits per heavy atom. The molecular weight excluding hydrogens is 629 g/mol. The third-order valence-corrected chi connectivity index (χ3v) is 10.0. The van der Waals surface area contributed by atoms with Crippen molar-refractivity contribution in [1.29, 1.82) is 0 Å². The molecule has 5 rings (SSSR count). The van der Waals surface area contributed by atoms with E-state index in [4.69, 9.17) is 14.5 Å². The van der Waals surface area contributed by atoms with Crippen LogP contribution in [0.4, 0.5) is 10.7 Å². The van der Waals surface area contributed by atoms with Gasteiger partial charge in [-0.3, -0.25) is 18.5 Å². The van der Waals surface area contributed by atoms with Gasteiger partial charge in [-0.15, -0.1) is 5.92 Å². The van der Waals surface area contributed by atoms with Crippen LogP contribution in [-0.2, 0) is 36.3 Å². The minimum atomic E-state index is -1.18. The molecule has 1 saturated heterocycles. The lowest BCUT2D eigenvalue weighted by molar-refractivity contribution is 0.0499. The summed E-state index contributed by atoms with van der Waals surface area (Å²) in [5.41, 5.74) is 1.55. The Kier molecular flexibility index (Phi) is 10.2. The van der Waals surface area contributed by atoms with E-state index in [-0.39, 0.29) is 19.1 Å². The molecule has 1 fully saturated rings. The lowest BCUT2D eigenvalue weighted by Crippen LogP contribution is -2.49. The summed E-state index contributed by atoms with van der Waals surface area (Å²) in [6.07, 6.45) is 2.86. The molecule has 258 valence electrons. The minimum absolute atomic E-state index is 0.0719. The van der Waals surface area contributed by atoms with Crippen LogP contribution in [0.15, 0.2) is 34.1 Å². The van der Waals surface area contributed by atoms with Gasteiger partial charge in [0.25, 0.3) is 5.56 Å². The van der Waals surface area contributed by atoms with E-state index in [1.807, 2.05) is 48.4 Å². The number of hydrogen-bond donors (Lipinski definition) is 1. The van der Waals surface area contributed by atoms with Crippen LogP contribution in [0.1, 0.15) is 46.1 Å². The Hall–Kier alpha value is -4.35. The Morgan fingerprint density at radius 2 is 1.94 bits per heavy atom. The van der Waals surface area contributed by atoms with Gasteiger partial charge in [-0.25, -0.2) is 14.6 Å². The zero-order valence-corrected chi connectivity index (χ0v) is 30.4. The van der Waals surface area contributed by atoms with Gasteiger partial charge >= 0.3 is 11.8 Å². The van der Waals surface area contributed by atoms with E-state index in [9.17, 15) is 14.4 Å². The first kappa shape index (κ1) is 35.0. The van der Waals surface area contributed by atoms with Gasteiger partial charge in [0.05, 0.1) is 30.5 Å². The number of aromatic nitrogens is 6. The number of imidazole rings is 2. The highest BCUT2D eigenvalue weighted by Crippen LogP contribution is 2.24. The number of fused-ring (bicyclic) bond motifs is 2. The predicted molar refractivity (Wildman–Crippen MR) is 190 cm³/mol. The molecule has 1 N–H and O–H groups in total. The fourth-order valence-corrected chi connectivity index (χ4v) is 6.59. The van der Waals surface area contributed by atoms with Crippen molar-refractivity contribution in [1.82, 2.24) is 33.6 Å². The quantitative estimate of drug-likeness (QED) is 0.151. The summed E-state index contributed by atoms with van der Waals surface area (Å²) < 4.78 is 17.8. The first-order valence-corrected chi connectivity index (χ1v) is 20.2. The Balaban J connectivity index is 1.44.